The number of rotatable bonds is 3. The molecule has 124 valence electrons. The minimum absolute atomic E-state index is 0. The Morgan fingerprint density at radius 2 is 1.87 bits per heavy atom. The number of pyridine rings is 1. The third-order valence-electron chi connectivity index (χ3n) is 5.08. The van der Waals surface area contributed by atoms with E-state index in [1.165, 1.54) is 30.2 Å². The van der Waals surface area contributed by atoms with E-state index in [-0.39, 0.29) is 24.8 Å². The summed E-state index contributed by atoms with van der Waals surface area (Å²) in [4.78, 5) is 6.76. The van der Waals surface area contributed by atoms with E-state index in [4.69, 9.17) is 0 Å². The van der Waals surface area contributed by atoms with Crippen LogP contribution in [0, 0.1) is 11.8 Å². The second-order valence-corrected chi connectivity index (χ2v) is 6.79. The first-order valence-electron chi connectivity index (χ1n) is 7.95. The van der Waals surface area contributed by atoms with E-state index in [1.807, 2.05) is 12.3 Å². The first-order chi connectivity index (χ1) is 10.2. The van der Waals surface area contributed by atoms with Crippen LogP contribution in [-0.2, 0) is 0 Å². The van der Waals surface area contributed by atoms with Crippen LogP contribution in [0.25, 0.3) is 16.5 Å². The molecule has 23 heavy (non-hydrogen) atoms. The molecule has 2 bridgehead atoms. The van der Waals surface area contributed by atoms with Gasteiger partial charge in [0.25, 0.3) is 0 Å². The average Bonchev–Trinajstić information content (AvgIpc) is 3.07. The zero-order valence-corrected chi connectivity index (χ0v) is 15.3. The van der Waals surface area contributed by atoms with Crippen LogP contribution in [0.4, 0.5) is 0 Å². The third-order valence-corrected chi connectivity index (χ3v) is 5.08. The van der Waals surface area contributed by atoms with Crippen LogP contribution in [-0.4, -0.2) is 30.5 Å². The van der Waals surface area contributed by atoms with Gasteiger partial charge >= 0.3 is 0 Å². The molecule has 1 aromatic carbocycles. The van der Waals surface area contributed by atoms with Gasteiger partial charge in [0, 0.05) is 18.1 Å². The molecule has 2 aromatic rings. The van der Waals surface area contributed by atoms with Gasteiger partial charge in [0.15, 0.2) is 0 Å². The summed E-state index contributed by atoms with van der Waals surface area (Å²) in [7, 11) is 4.36. The highest BCUT2D eigenvalue weighted by molar-refractivity contribution is 5.86. The number of hydrogen-bond donors (Lipinski definition) is 0. The molecule has 2 unspecified atom stereocenters. The normalized spacial score (nSPS) is 22.4. The topological polar surface area (TPSA) is 16.1 Å². The highest BCUT2D eigenvalue weighted by Gasteiger charge is 2.39. The van der Waals surface area contributed by atoms with Crippen molar-refractivity contribution in [2.75, 3.05) is 20.6 Å². The van der Waals surface area contributed by atoms with Gasteiger partial charge in [0.05, 0.1) is 5.52 Å². The maximum absolute atomic E-state index is 4.44. The van der Waals surface area contributed by atoms with Crippen molar-refractivity contribution >= 4 is 41.3 Å². The molecule has 0 saturated heterocycles. The zero-order chi connectivity index (χ0) is 14.4. The number of halogens is 2. The van der Waals surface area contributed by atoms with Gasteiger partial charge in [-0.1, -0.05) is 12.1 Å². The van der Waals surface area contributed by atoms with Crippen molar-refractivity contribution in [1.82, 2.24) is 9.88 Å². The van der Waals surface area contributed by atoms with Crippen LogP contribution < -0.4 is 0 Å². The fourth-order valence-electron chi connectivity index (χ4n) is 4.26. The average molecular weight is 351 g/mol. The second-order valence-electron chi connectivity index (χ2n) is 6.79. The van der Waals surface area contributed by atoms with Gasteiger partial charge < -0.3 is 4.90 Å². The summed E-state index contributed by atoms with van der Waals surface area (Å²) in [5, 5.41) is 1.26. The van der Waals surface area contributed by atoms with Crippen molar-refractivity contribution in [3.63, 3.8) is 0 Å². The van der Waals surface area contributed by atoms with E-state index < -0.39 is 0 Å². The Kier molecular flexibility index (Phi) is 5.72. The summed E-state index contributed by atoms with van der Waals surface area (Å²) in [5.41, 5.74) is 5.86. The quantitative estimate of drug-likeness (QED) is 0.788. The molecule has 0 radical (unpaired) electrons. The number of aromatic nitrogens is 1. The van der Waals surface area contributed by atoms with Crippen molar-refractivity contribution in [2.45, 2.75) is 19.3 Å². The lowest BCUT2D eigenvalue weighted by atomic mass is 9.86. The Hall–Kier alpha value is -1.09. The Labute approximate surface area is 150 Å². The van der Waals surface area contributed by atoms with Crippen molar-refractivity contribution in [2.24, 2.45) is 11.8 Å². The molecule has 2 nitrogen and oxygen atoms in total. The van der Waals surface area contributed by atoms with Crippen LogP contribution >= 0.6 is 24.8 Å². The van der Waals surface area contributed by atoms with Gasteiger partial charge in [0.1, 0.15) is 0 Å². The van der Waals surface area contributed by atoms with Crippen molar-refractivity contribution in [3.05, 3.63) is 47.7 Å². The molecule has 1 saturated carbocycles. The molecule has 1 fully saturated rings. The maximum atomic E-state index is 4.44. The van der Waals surface area contributed by atoms with Crippen LogP contribution in [0.5, 0.6) is 0 Å². The predicted octanol–water partition coefficient (Wildman–Crippen LogP) is 4.82. The highest BCUT2D eigenvalue weighted by atomic mass is 35.5. The molecule has 2 aliphatic carbocycles. The van der Waals surface area contributed by atoms with Crippen LogP contribution in [0.3, 0.4) is 0 Å². The Morgan fingerprint density at radius 3 is 2.65 bits per heavy atom. The molecular weight excluding hydrogens is 327 g/mol. The van der Waals surface area contributed by atoms with Crippen LogP contribution in [0.2, 0.25) is 0 Å². The Morgan fingerprint density at radius 1 is 1.09 bits per heavy atom. The van der Waals surface area contributed by atoms with E-state index in [0.717, 1.165) is 23.9 Å². The monoisotopic (exact) mass is 350 g/mol. The van der Waals surface area contributed by atoms with Gasteiger partial charge in [-0.25, -0.2) is 0 Å². The fraction of sp³-hybridized carbons (Fsp3) is 0.421. The molecule has 0 N–H and O–H groups in total. The molecule has 2 atom stereocenters. The summed E-state index contributed by atoms with van der Waals surface area (Å²) >= 11 is 0. The number of nitrogens with zero attached hydrogens (tertiary/aromatic N) is 2. The van der Waals surface area contributed by atoms with Crippen molar-refractivity contribution in [3.8, 4) is 0 Å². The number of likely N-dealkylation sites (N-methyl/N-ethyl adjacent to an activating group) is 1. The molecule has 0 amide bonds. The minimum Gasteiger partial charge on any atom is -0.305 e. The molecule has 1 aromatic heterocycles. The lowest BCUT2D eigenvalue weighted by Crippen LogP contribution is -2.19. The van der Waals surface area contributed by atoms with E-state index >= 15 is 0 Å². The predicted molar refractivity (Wildman–Crippen MR) is 103 cm³/mol. The number of benzene rings is 1. The molecular formula is C19H24Cl2N2. The fourth-order valence-corrected chi connectivity index (χ4v) is 4.26. The van der Waals surface area contributed by atoms with Crippen LogP contribution in [0.1, 0.15) is 24.8 Å². The smallest absolute Gasteiger partial charge is 0.0702 e. The highest BCUT2D eigenvalue weighted by Crippen LogP contribution is 2.52. The van der Waals surface area contributed by atoms with Gasteiger partial charge in [-0.3, -0.25) is 4.98 Å². The lowest BCUT2D eigenvalue weighted by Gasteiger charge is -2.23. The molecule has 0 spiro atoms. The van der Waals surface area contributed by atoms with Crippen LogP contribution in [0.15, 0.2) is 42.1 Å². The summed E-state index contributed by atoms with van der Waals surface area (Å²) in [5.74, 6) is 1.62. The maximum Gasteiger partial charge on any atom is 0.0702 e. The SMILES string of the molecule is CN(C)CC1=C(c2ccc3ncccc3c2)C2CCC1C2.Cl.Cl. The Balaban J connectivity index is 0.000000960. The van der Waals surface area contributed by atoms with E-state index in [1.54, 1.807) is 11.1 Å². The molecule has 1 heterocycles. The molecule has 2 aliphatic rings. The van der Waals surface area contributed by atoms with E-state index in [2.05, 4.69) is 48.2 Å². The lowest BCUT2D eigenvalue weighted by molar-refractivity contribution is 0.423. The first kappa shape index (κ1) is 18.3. The van der Waals surface area contributed by atoms with Gasteiger partial charge in [0.2, 0.25) is 0 Å². The summed E-state index contributed by atoms with van der Waals surface area (Å²) in [6.07, 6.45) is 6.02. The van der Waals surface area contributed by atoms with Crippen molar-refractivity contribution in [1.29, 1.82) is 0 Å². The van der Waals surface area contributed by atoms with Crippen molar-refractivity contribution < 1.29 is 0 Å². The largest absolute Gasteiger partial charge is 0.305 e. The van der Waals surface area contributed by atoms with E-state index in [0.29, 0.717) is 0 Å². The molecule has 4 rings (SSSR count). The standard InChI is InChI=1S/C19H22N2.2ClH/c1-21(2)12-17-13-5-6-15(10-13)19(17)16-7-8-18-14(11-16)4-3-9-20-18;;/h3-4,7-9,11,13,15H,5-6,10,12H2,1-2H3;2*1H. The number of fused-ring (bicyclic) bond motifs is 3. The summed E-state index contributed by atoms with van der Waals surface area (Å²) < 4.78 is 0. The first-order valence-corrected chi connectivity index (χ1v) is 7.95. The summed E-state index contributed by atoms with van der Waals surface area (Å²) in [6.45, 7) is 1.11. The second kappa shape index (κ2) is 7.21. The van der Waals surface area contributed by atoms with E-state index in [9.17, 15) is 0 Å². The van der Waals surface area contributed by atoms with Gasteiger partial charge in [-0.2, -0.15) is 0 Å². The van der Waals surface area contributed by atoms with Gasteiger partial charge in [-0.15, -0.1) is 24.8 Å². The minimum atomic E-state index is 0. The molecule has 0 aliphatic heterocycles. The Bertz CT molecular complexity index is 724. The third kappa shape index (κ3) is 3.26. The van der Waals surface area contributed by atoms with Gasteiger partial charge in [-0.05, 0) is 80.1 Å². The zero-order valence-electron chi connectivity index (χ0n) is 13.7. The molecule has 4 heteroatoms. The number of hydrogen-bond acceptors (Lipinski definition) is 2. The number of allylic oxidation sites excluding steroid dienone is 1. The summed E-state index contributed by atoms with van der Waals surface area (Å²) in [6, 6.07) is 11.0.